The Balaban J connectivity index is 1.77. The van der Waals surface area contributed by atoms with Crippen LogP contribution in [0.4, 0.5) is 0 Å². The minimum atomic E-state index is -0.352. The molecule has 2 amide bonds. The van der Waals surface area contributed by atoms with Gasteiger partial charge in [0.1, 0.15) is 6.54 Å². The zero-order chi connectivity index (χ0) is 16.6. The first-order valence-corrected chi connectivity index (χ1v) is 7.93. The minimum Gasteiger partial charge on any atom is -0.337 e. The molecule has 8 heteroatoms. The van der Waals surface area contributed by atoms with E-state index in [9.17, 15) is 9.59 Å². The number of amides is 2. The average Bonchev–Trinajstić information content (AvgIpc) is 3.06. The summed E-state index contributed by atoms with van der Waals surface area (Å²) in [4.78, 5) is 30.1. The Morgan fingerprint density at radius 1 is 1.30 bits per heavy atom. The van der Waals surface area contributed by atoms with E-state index in [1.807, 2.05) is 14.0 Å². The maximum atomic E-state index is 12.4. The number of halogens is 1. The molecule has 2 aromatic rings. The van der Waals surface area contributed by atoms with E-state index in [4.69, 9.17) is 4.52 Å². The van der Waals surface area contributed by atoms with Crippen molar-refractivity contribution in [2.75, 3.05) is 7.05 Å². The molecule has 1 N–H and O–H groups in total. The van der Waals surface area contributed by atoms with Gasteiger partial charge in [-0.1, -0.05) is 21.1 Å². The van der Waals surface area contributed by atoms with E-state index in [0.29, 0.717) is 23.4 Å². The number of carbonyl (C=O) groups excluding carboxylic acids is 2. The third kappa shape index (κ3) is 3.04. The van der Waals surface area contributed by atoms with Gasteiger partial charge in [0.2, 0.25) is 5.89 Å². The highest BCUT2D eigenvalue weighted by Crippen LogP contribution is 2.27. The summed E-state index contributed by atoms with van der Waals surface area (Å²) >= 11 is 3.30. The second-order valence-electron chi connectivity index (χ2n) is 5.38. The van der Waals surface area contributed by atoms with Crippen LogP contribution in [0.1, 0.15) is 39.4 Å². The topological polar surface area (TPSA) is 88.3 Å². The number of fused-ring (bicyclic) bond motifs is 1. The summed E-state index contributed by atoms with van der Waals surface area (Å²) < 4.78 is 5.90. The fraction of sp³-hybridized carbons (Fsp3) is 0.333. The standard InChI is InChI=1S/C15H15BrN4O3/c1-8(17-2)5-12-18-13(23-19-12)7-20-14(21)10-4-3-9(16)6-11(10)15(20)22/h3-4,6,8,17H,5,7H2,1-2H3. The molecule has 1 aromatic carbocycles. The van der Waals surface area contributed by atoms with Gasteiger partial charge < -0.3 is 9.84 Å². The average molecular weight is 379 g/mol. The Kier molecular flexibility index (Phi) is 4.27. The Labute approximate surface area is 141 Å². The first-order chi connectivity index (χ1) is 11.0. The van der Waals surface area contributed by atoms with Crippen LogP contribution in [0.5, 0.6) is 0 Å². The van der Waals surface area contributed by atoms with Gasteiger partial charge in [-0.25, -0.2) is 0 Å². The van der Waals surface area contributed by atoms with Crippen molar-refractivity contribution < 1.29 is 14.1 Å². The molecule has 1 aromatic heterocycles. The van der Waals surface area contributed by atoms with Gasteiger partial charge in [-0.05, 0) is 32.2 Å². The molecule has 3 rings (SSSR count). The van der Waals surface area contributed by atoms with E-state index in [1.165, 1.54) is 0 Å². The molecule has 1 atom stereocenters. The monoisotopic (exact) mass is 378 g/mol. The molecule has 0 fully saturated rings. The maximum Gasteiger partial charge on any atom is 0.262 e. The highest BCUT2D eigenvalue weighted by atomic mass is 79.9. The number of hydrogen-bond donors (Lipinski definition) is 1. The summed E-state index contributed by atoms with van der Waals surface area (Å²) in [5.41, 5.74) is 0.773. The van der Waals surface area contributed by atoms with E-state index < -0.39 is 0 Å². The number of imide groups is 1. The summed E-state index contributed by atoms with van der Waals surface area (Å²) in [6.45, 7) is 1.98. The number of rotatable bonds is 5. The zero-order valence-corrected chi connectivity index (χ0v) is 14.3. The van der Waals surface area contributed by atoms with Crippen molar-refractivity contribution in [1.82, 2.24) is 20.4 Å². The largest absolute Gasteiger partial charge is 0.337 e. The molecule has 0 saturated heterocycles. The summed E-state index contributed by atoms with van der Waals surface area (Å²) in [5.74, 6) is 0.0913. The lowest BCUT2D eigenvalue weighted by Gasteiger charge is -2.10. The first kappa shape index (κ1) is 15.8. The number of likely N-dealkylation sites (N-methyl/N-ethyl adjacent to an activating group) is 1. The molecular weight excluding hydrogens is 364 g/mol. The Morgan fingerprint density at radius 3 is 2.78 bits per heavy atom. The van der Waals surface area contributed by atoms with Crippen molar-refractivity contribution in [3.63, 3.8) is 0 Å². The van der Waals surface area contributed by atoms with Crippen LogP contribution in [0.3, 0.4) is 0 Å². The molecule has 1 aliphatic heterocycles. The predicted molar refractivity (Wildman–Crippen MR) is 84.9 cm³/mol. The van der Waals surface area contributed by atoms with E-state index >= 15 is 0 Å². The molecule has 0 aliphatic carbocycles. The molecule has 1 aliphatic rings. The van der Waals surface area contributed by atoms with Gasteiger partial charge in [-0.15, -0.1) is 0 Å². The summed E-state index contributed by atoms with van der Waals surface area (Å²) in [6, 6.07) is 5.21. The van der Waals surface area contributed by atoms with Crippen LogP contribution >= 0.6 is 15.9 Å². The van der Waals surface area contributed by atoms with Gasteiger partial charge >= 0.3 is 0 Å². The van der Waals surface area contributed by atoms with E-state index in [2.05, 4.69) is 31.4 Å². The second-order valence-corrected chi connectivity index (χ2v) is 6.30. The number of benzene rings is 1. The molecule has 7 nitrogen and oxygen atoms in total. The number of nitrogens with zero attached hydrogens (tertiary/aromatic N) is 3. The van der Waals surface area contributed by atoms with Gasteiger partial charge in [-0.2, -0.15) is 4.98 Å². The molecule has 0 bridgehead atoms. The molecule has 120 valence electrons. The summed E-state index contributed by atoms with van der Waals surface area (Å²) in [5, 5.41) is 6.96. The quantitative estimate of drug-likeness (QED) is 0.797. The van der Waals surface area contributed by atoms with Crippen molar-refractivity contribution in [2.24, 2.45) is 0 Å². The van der Waals surface area contributed by atoms with Gasteiger partial charge in [-0.3, -0.25) is 14.5 Å². The van der Waals surface area contributed by atoms with Gasteiger partial charge in [0.15, 0.2) is 5.82 Å². The third-order valence-electron chi connectivity index (χ3n) is 3.72. The van der Waals surface area contributed by atoms with Crippen molar-refractivity contribution in [3.05, 3.63) is 45.5 Å². The SMILES string of the molecule is CNC(C)Cc1noc(CN2C(=O)c3ccc(Br)cc3C2=O)n1. The lowest BCUT2D eigenvalue weighted by atomic mass is 10.1. The molecule has 0 radical (unpaired) electrons. The molecule has 0 spiro atoms. The third-order valence-corrected chi connectivity index (χ3v) is 4.21. The van der Waals surface area contributed by atoms with Crippen LogP contribution in [-0.4, -0.2) is 39.9 Å². The van der Waals surface area contributed by atoms with Crippen LogP contribution in [0.25, 0.3) is 0 Å². The number of hydrogen-bond acceptors (Lipinski definition) is 6. The Bertz CT molecular complexity index is 774. The highest BCUT2D eigenvalue weighted by Gasteiger charge is 2.36. The van der Waals surface area contributed by atoms with Crippen LogP contribution < -0.4 is 5.32 Å². The van der Waals surface area contributed by atoms with Gasteiger partial charge in [0.05, 0.1) is 11.1 Å². The van der Waals surface area contributed by atoms with Crippen molar-refractivity contribution in [2.45, 2.75) is 25.9 Å². The van der Waals surface area contributed by atoms with Crippen LogP contribution in [-0.2, 0) is 13.0 Å². The van der Waals surface area contributed by atoms with E-state index in [0.717, 1.165) is 9.37 Å². The molecule has 23 heavy (non-hydrogen) atoms. The van der Waals surface area contributed by atoms with Crippen molar-refractivity contribution in [3.8, 4) is 0 Å². The lowest BCUT2D eigenvalue weighted by Crippen LogP contribution is -2.29. The first-order valence-electron chi connectivity index (χ1n) is 7.14. The number of aromatic nitrogens is 2. The van der Waals surface area contributed by atoms with Crippen molar-refractivity contribution >= 4 is 27.7 Å². The summed E-state index contributed by atoms with van der Waals surface area (Å²) in [6.07, 6.45) is 0.606. The number of nitrogens with one attached hydrogen (secondary N) is 1. The lowest BCUT2D eigenvalue weighted by molar-refractivity contribution is 0.0625. The molecular formula is C15H15BrN4O3. The van der Waals surface area contributed by atoms with Gasteiger partial charge in [0, 0.05) is 16.9 Å². The predicted octanol–water partition coefficient (Wildman–Crippen LogP) is 1.78. The molecule has 1 unspecified atom stereocenters. The van der Waals surface area contributed by atoms with E-state index in [1.54, 1.807) is 18.2 Å². The smallest absolute Gasteiger partial charge is 0.262 e. The normalized spacial score (nSPS) is 15.2. The fourth-order valence-corrected chi connectivity index (χ4v) is 2.72. The maximum absolute atomic E-state index is 12.4. The fourth-order valence-electron chi connectivity index (χ4n) is 2.35. The molecule has 2 heterocycles. The van der Waals surface area contributed by atoms with Crippen LogP contribution in [0, 0.1) is 0 Å². The van der Waals surface area contributed by atoms with Crippen LogP contribution in [0.2, 0.25) is 0 Å². The Hall–Kier alpha value is -2.06. The minimum absolute atomic E-state index is 0.0229. The van der Waals surface area contributed by atoms with Crippen LogP contribution in [0.15, 0.2) is 27.2 Å². The second kappa shape index (κ2) is 6.21. The van der Waals surface area contributed by atoms with Crippen molar-refractivity contribution in [1.29, 1.82) is 0 Å². The van der Waals surface area contributed by atoms with Gasteiger partial charge in [0.25, 0.3) is 11.8 Å². The van der Waals surface area contributed by atoms with E-state index in [-0.39, 0.29) is 30.3 Å². The number of carbonyl (C=O) groups is 2. The molecule has 0 saturated carbocycles. The summed E-state index contributed by atoms with van der Waals surface area (Å²) in [7, 11) is 1.85. The highest BCUT2D eigenvalue weighted by molar-refractivity contribution is 9.10. The Morgan fingerprint density at radius 2 is 2.04 bits per heavy atom. The zero-order valence-electron chi connectivity index (χ0n) is 12.7.